The molecule has 4 rings (SSSR count). The zero-order valence-electron chi connectivity index (χ0n) is 16.7. The molecule has 1 unspecified atom stereocenters. The fraction of sp³-hybridized carbons (Fsp3) is 0.391. The van der Waals surface area contributed by atoms with Gasteiger partial charge in [0, 0.05) is 37.9 Å². The van der Waals surface area contributed by atoms with Crippen LogP contribution in [-0.4, -0.2) is 43.2 Å². The van der Waals surface area contributed by atoms with Gasteiger partial charge >= 0.3 is 6.09 Å². The number of nitrogens with one attached hydrogen (secondary N) is 1. The Hall–Kier alpha value is -3.04. The van der Waals surface area contributed by atoms with Crippen molar-refractivity contribution in [2.75, 3.05) is 31.1 Å². The third kappa shape index (κ3) is 4.20. The van der Waals surface area contributed by atoms with Crippen LogP contribution in [-0.2, 0) is 24.3 Å². The van der Waals surface area contributed by atoms with E-state index in [1.165, 1.54) is 0 Å². The third-order valence-electron chi connectivity index (χ3n) is 5.68. The van der Waals surface area contributed by atoms with E-state index < -0.39 is 0 Å². The lowest BCUT2D eigenvalue weighted by molar-refractivity contribution is 0.0919. The van der Waals surface area contributed by atoms with Crippen molar-refractivity contribution < 1.29 is 9.53 Å². The Kier molecular flexibility index (Phi) is 5.68. The van der Waals surface area contributed by atoms with E-state index >= 15 is 0 Å². The predicted octanol–water partition coefficient (Wildman–Crippen LogP) is 3.05. The van der Waals surface area contributed by atoms with E-state index in [4.69, 9.17) is 4.74 Å². The van der Waals surface area contributed by atoms with Crippen LogP contribution in [0.15, 0.2) is 42.5 Å². The Balaban J connectivity index is 1.53. The number of rotatable bonds is 3. The summed E-state index contributed by atoms with van der Waals surface area (Å²) in [6, 6.07) is 16.4. The van der Waals surface area contributed by atoms with Gasteiger partial charge in [0.1, 0.15) is 6.61 Å². The second-order valence-electron chi connectivity index (χ2n) is 7.71. The van der Waals surface area contributed by atoms with Crippen LogP contribution in [0.3, 0.4) is 0 Å². The van der Waals surface area contributed by atoms with Crippen LogP contribution in [0.2, 0.25) is 0 Å². The van der Waals surface area contributed by atoms with Crippen molar-refractivity contribution in [2.24, 2.45) is 0 Å². The van der Waals surface area contributed by atoms with E-state index in [1.54, 1.807) is 4.90 Å². The molecular formula is C23H26N4O2. The maximum absolute atomic E-state index is 12.7. The molecule has 0 saturated carbocycles. The number of ether oxygens (including phenoxy) is 1. The van der Waals surface area contributed by atoms with Crippen molar-refractivity contribution in [1.82, 2.24) is 10.2 Å². The summed E-state index contributed by atoms with van der Waals surface area (Å²) in [4.78, 5) is 16.8. The molecule has 0 radical (unpaired) electrons. The van der Waals surface area contributed by atoms with Gasteiger partial charge in [0.05, 0.1) is 18.2 Å². The second-order valence-corrected chi connectivity index (χ2v) is 7.71. The van der Waals surface area contributed by atoms with E-state index in [1.807, 2.05) is 42.5 Å². The average molecular weight is 390 g/mol. The van der Waals surface area contributed by atoms with Crippen LogP contribution in [0.25, 0.3) is 0 Å². The smallest absolute Gasteiger partial charge is 0.410 e. The van der Waals surface area contributed by atoms with Crippen molar-refractivity contribution in [2.45, 2.75) is 32.5 Å². The standard InChI is InChI=1S/C23H26N4O2/c1-17-14-26(12-10-25-17)22-8-7-19(13-24)20-9-11-27(15-21(20)22)23(28)29-16-18-5-3-2-4-6-18/h2-8,17,25H,9-12,14-16H2,1H3. The maximum atomic E-state index is 12.7. The number of carbonyl (C=O) groups excluding carboxylic acids is 1. The fourth-order valence-corrected chi connectivity index (χ4v) is 4.18. The molecule has 29 heavy (non-hydrogen) atoms. The van der Waals surface area contributed by atoms with Gasteiger partial charge in [0.15, 0.2) is 0 Å². The molecule has 1 amide bonds. The lowest BCUT2D eigenvalue weighted by atomic mass is 9.92. The molecule has 1 saturated heterocycles. The molecule has 6 heteroatoms. The Bertz CT molecular complexity index is 922. The quantitative estimate of drug-likeness (QED) is 0.872. The molecular weight excluding hydrogens is 364 g/mol. The number of piperazine rings is 1. The van der Waals surface area contributed by atoms with Crippen LogP contribution < -0.4 is 10.2 Å². The van der Waals surface area contributed by atoms with Gasteiger partial charge in [-0.3, -0.25) is 0 Å². The number of anilines is 1. The SMILES string of the molecule is CC1CN(c2ccc(C#N)c3c2CN(C(=O)OCc2ccccc2)CC3)CCN1. The van der Waals surface area contributed by atoms with Gasteiger partial charge < -0.3 is 19.9 Å². The van der Waals surface area contributed by atoms with Gasteiger partial charge in [-0.2, -0.15) is 5.26 Å². The van der Waals surface area contributed by atoms with Crippen LogP contribution in [0.1, 0.15) is 29.2 Å². The Labute approximate surface area is 171 Å². The van der Waals surface area contributed by atoms with Crippen molar-refractivity contribution in [3.63, 3.8) is 0 Å². The molecule has 0 aliphatic carbocycles. The third-order valence-corrected chi connectivity index (χ3v) is 5.68. The second kappa shape index (κ2) is 8.54. The van der Waals surface area contributed by atoms with Gasteiger partial charge in [-0.15, -0.1) is 0 Å². The van der Waals surface area contributed by atoms with Crippen molar-refractivity contribution in [1.29, 1.82) is 5.26 Å². The van der Waals surface area contributed by atoms with Crippen LogP contribution >= 0.6 is 0 Å². The molecule has 150 valence electrons. The first kappa shape index (κ1) is 19.3. The largest absolute Gasteiger partial charge is 0.445 e. The molecule has 2 aromatic carbocycles. The summed E-state index contributed by atoms with van der Waals surface area (Å²) < 4.78 is 5.54. The van der Waals surface area contributed by atoms with Crippen LogP contribution in [0.5, 0.6) is 0 Å². The van der Waals surface area contributed by atoms with Crippen LogP contribution in [0, 0.1) is 11.3 Å². The molecule has 1 fully saturated rings. The lowest BCUT2D eigenvalue weighted by Gasteiger charge is -2.38. The summed E-state index contributed by atoms with van der Waals surface area (Å²) in [5, 5.41) is 13.0. The fourth-order valence-electron chi connectivity index (χ4n) is 4.18. The highest BCUT2D eigenvalue weighted by atomic mass is 16.6. The van der Waals surface area contributed by atoms with E-state index in [2.05, 4.69) is 23.2 Å². The number of carbonyl (C=O) groups is 1. The first-order chi connectivity index (χ1) is 14.2. The van der Waals surface area contributed by atoms with Gasteiger partial charge in [0.2, 0.25) is 0 Å². The minimum atomic E-state index is -0.304. The van der Waals surface area contributed by atoms with E-state index in [0.29, 0.717) is 31.1 Å². The summed E-state index contributed by atoms with van der Waals surface area (Å²) in [7, 11) is 0. The molecule has 0 bridgehead atoms. The first-order valence-corrected chi connectivity index (χ1v) is 10.1. The number of fused-ring (bicyclic) bond motifs is 1. The molecule has 2 aromatic rings. The van der Waals surface area contributed by atoms with Crippen molar-refractivity contribution in [3.05, 3.63) is 64.7 Å². The summed E-state index contributed by atoms with van der Waals surface area (Å²) in [6.45, 7) is 6.25. The average Bonchev–Trinajstić information content (AvgIpc) is 2.77. The topological polar surface area (TPSA) is 68.6 Å². The zero-order valence-corrected chi connectivity index (χ0v) is 16.7. The molecule has 2 heterocycles. The molecule has 0 spiro atoms. The molecule has 2 aliphatic rings. The van der Waals surface area contributed by atoms with Gasteiger partial charge in [-0.25, -0.2) is 4.79 Å². The number of amides is 1. The number of hydrogen-bond acceptors (Lipinski definition) is 5. The molecule has 0 aromatic heterocycles. The Morgan fingerprint density at radius 1 is 1.21 bits per heavy atom. The van der Waals surface area contributed by atoms with Crippen molar-refractivity contribution in [3.8, 4) is 6.07 Å². The number of benzene rings is 2. The zero-order chi connectivity index (χ0) is 20.2. The van der Waals surface area contributed by atoms with Gasteiger partial charge in [0.25, 0.3) is 0 Å². The Morgan fingerprint density at radius 2 is 2.03 bits per heavy atom. The van der Waals surface area contributed by atoms with Gasteiger partial charge in [-0.05, 0) is 42.2 Å². The maximum Gasteiger partial charge on any atom is 0.410 e. The molecule has 1 atom stereocenters. The first-order valence-electron chi connectivity index (χ1n) is 10.1. The highest BCUT2D eigenvalue weighted by molar-refractivity contribution is 5.70. The summed E-state index contributed by atoms with van der Waals surface area (Å²) in [5.41, 5.74) is 4.97. The highest BCUT2D eigenvalue weighted by Gasteiger charge is 2.28. The summed E-state index contributed by atoms with van der Waals surface area (Å²) in [5.74, 6) is 0. The number of nitrogens with zero attached hydrogens (tertiary/aromatic N) is 3. The van der Waals surface area contributed by atoms with Crippen molar-refractivity contribution >= 4 is 11.8 Å². The van der Waals surface area contributed by atoms with E-state index in [0.717, 1.165) is 42.0 Å². The Morgan fingerprint density at radius 3 is 2.79 bits per heavy atom. The molecule has 2 aliphatic heterocycles. The van der Waals surface area contributed by atoms with E-state index in [-0.39, 0.29) is 12.7 Å². The highest BCUT2D eigenvalue weighted by Crippen LogP contribution is 2.32. The number of nitriles is 1. The normalized spacial score (nSPS) is 18.7. The lowest BCUT2D eigenvalue weighted by Crippen LogP contribution is -2.50. The van der Waals surface area contributed by atoms with Gasteiger partial charge in [-0.1, -0.05) is 30.3 Å². The van der Waals surface area contributed by atoms with Crippen LogP contribution in [0.4, 0.5) is 10.5 Å². The molecule has 6 nitrogen and oxygen atoms in total. The number of hydrogen-bond donors (Lipinski definition) is 1. The molecule has 1 N–H and O–H groups in total. The van der Waals surface area contributed by atoms with E-state index in [9.17, 15) is 10.1 Å². The predicted molar refractivity (Wildman–Crippen MR) is 112 cm³/mol. The summed E-state index contributed by atoms with van der Waals surface area (Å²) >= 11 is 0. The monoisotopic (exact) mass is 390 g/mol. The summed E-state index contributed by atoms with van der Waals surface area (Å²) in [6.07, 6.45) is 0.371. The minimum Gasteiger partial charge on any atom is -0.445 e. The minimum absolute atomic E-state index is 0.267.